The number of non-ortho nitro benzene ring substituents is 1. The molecule has 0 bridgehead atoms. The van der Waals surface area contributed by atoms with Crippen molar-refractivity contribution in [3.63, 3.8) is 0 Å². The summed E-state index contributed by atoms with van der Waals surface area (Å²) in [6.45, 7) is -0.463. The first-order valence-electron chi connectivity index (χ1n) is 8.67. The number of amides is 1. The lowest BCUT2D eigenvalue weighted by molar-refractivity contribution is -0.384. The van der Waals surface area contributed by atoms with E-state index in [0.717, 1.165) is 0 Å². The molecular weight excluding hydrogens is 380 g/mol. The number of aliphatic hydroxyl groups is 2. The highest BCUT2D eigenvalue weighted by molar-refractivity contribution is 6.46. The van der Waals surface area contributed by atoms with Crippen molar-refractivity contribution in [1.29, 1.82) is 0 Å². The smallest absolute Gasteiger partial charge is 0.295 e. The van der Waals surface area contributed by atoms with Crippen molar-refractivity contribution in [2.45, 2.75) is 6.04 Å². The molecule has 2 aromatic rings. The van der Waals surface area contributed by atoms with Gasteiger partial charge < -0.3 is 19.8 Å². The van der Waals surface area contributed by atoms with E-state index in [0.29, 0.717) is 11.3 Å². The minimum absolute atomic E-state index is 0.0989. The fraction of sp³-hybridized carbons (Fsp3) is 0.200. The van der Waals surface area contributed by atoms with Gasteiger partial charge in [0.2, 0.25) is 0 Å². The Morgan fingerprint density at radius 3 is 2.28 bits per heavy atom. The molecule has 0 spiro atoms. The average molecular weight is 398 g/mol. The van der Waals surface area contributed by atoms with Crippen LogP contribution in [0.1, 0.15) is 17.2 Å². The second-order valence-corrected chi connectivity index (χ2v) is 6.29. The number of hydrogen-bond donors (Lipinski definition) is 2. The molecule has 0 aliphatic carbocycles. The number of β-amino-alcohol motifs (C(OH)–C–C–N with tert-alkyl or cyclic N) is 1. The zero-order chi connectivity index (χ0) is 21.1. The molecule has 1 atom stereocenters. The molecule has 1 aliphatic heterocycles. The summed E-state index contributed by atoms with van der Waals surface area (Å²) in [6, 6.07) is 10.7. The van der Waals surface area contributed by atoms with Gasteiger partial charge in [0, 0.05) is 24.2 Å². The number of carbonyl (C=O) groups is 2. The maximum atomic E-state index is 12.7. The van der Waals surface area contributed by atoms with E-state index < -0.39 is 28.4 Å². The van der Waals surface area contributed by atoms with Gasteiger partial charge in [-0.15, -0.1) is 0 Å². The molecule has 3 rings (SSSR count). The second-order valence-electron chi connectivity index (χ2n) is 6.29. The molecule has 0 radical (unpaired) electrons. The highest BCUT2D eigenvalue weighted by Crippen LogP contribution is 2.39. The normalized spacial score (nSPS) is 18.1. The predicted octanol–water partition coefficient (Wildman–Crippen LogP) is 2.02. The summed E-state index contributed by atoms with van der Waals surface area (Å²) in [6.07, 6.45) is 0. The van der Waals surface area contributed by atoms with Crippen molar-refractivity contribution < 1.29 is 29.5 Å². The van der Waals surface area contributed by atoms with Crippen LogP contribution in [0.15, 0.2) is 54.1 Å². The van der Waals surface area contributed by atoms with Crippen LogP contribution in [0.2, 0.25) is 0 Å². The highest BCUT2D eigenvalue weighted by atomic mass is 16.6. The maximum Gasteiger partial charge on any atom is 0.295 e. The number of rotatable bonds is 6. The van der Waals surface area contributed by atoms with Crippen LogP contribution in [-0.2, 0) is 9.59 Å². The summed E-state index contributed by atoms with van der Waals surface area (Å²) in [5.74, 6) is -1.61. The van der Waals surface area contributed by atoms with E-state index in [1.165, 1.54) is 36.3 Å². The zero-order valence-electron chi connectivity index (χ0n) is 15.4. The number of likely N-dealkylation sites (tertiary alicyclic amines) is 1. The number of carbonyl (C=O) groups excluding carboxylic acids is 2. The van der Waals surface area contributed by atoms with Gasteiger partial charge in [0.05, 0.1) is 30.3 Å². The third-order valence-electron chi connectivity index (χ3n) is 4.66. The van der Waals surface area contributed by atoms with E-state index in [9.17, 15) is 29.9 Å². The topological polar surface area (TPSA) is 130 Å². The summed E-state index contributed by atoms with van der Waals surface area (Å²) < 4.78 is 5.12. The molecule has 9 heteroatoms. The maximum absolute atomic E-state index is 12.7. The zero-order valence-corrected chi connectivity index (χ0v) is 15.4. The summed E-state index contributed by atoms with van der Waals surface area (Å²) in [5.41, 5.74) is 0.384. The molecular formula is C20H18N2O7. The van der Waals surface area contributed by atoms with Crippen LogP contribution in [0.3, 0.4) is 0 Å². The van der Waals surface area contributed by atoms with E-state index in [1.807, 2.05) is 0 Å². The van der Waals surface area contributed by atoms with Gasteiger partial charge in [0.1, 0.15) is 11.5 Å². The molecule has 2 N–H and O–H groups in total. The van der Waals surface area contributed by atoms with Gasteiger partial charge in [-0.2, -0.15) is 0 Å². The fourth-order valence-electron chi connectivity index (χ4n) is 3.25. The van der Waals surface area contributed by atoms with Crippen LogP contribution in [0.5, 0.6) is 5.75 Å². The number of Topliss-reactive ketones (excluding diaryl/α,β-unsaturated/α-hetero) is 1. The Bertz CT molecular complexity index is 981. The third-order valence-corrected chi connectivity index (χ3v) is 4.66. The lowest BCUT2D eigenvalue weighted by Crippen LogP contribution is -2.32. The summed E-state index contributed by atoms with van der Waals surface area (Å²) >= 11 is 0. The minimum atomic E-state index is -0.914. The van der Waals surface area contributed by atoms with Gasteiger partial charge >= 0.3 is 0 Å². The Balaban J connectivity index is 2.13. The molecule has 0 unspecified atom stereocenters. The van der Waals surface area contributed by atoms with E-state index in [1.54, 1.807) is 24.3 Å². The number of ketones is 1. The number of hydrogen-bond acceptors (Lipinski definition) is 7. The summed E-state index contributed by atoms with van der Waals surface area (Å²) in [4.78, 5) is 36.6. The number of nitro benzene ring substituents is 1. The predicted molar refractivity (Wildman–Crippen MR) is 102 cm³/mol. The van der Waals surface area contributed by atoms with Gasteiger partial charge in [-0.3, -0.25) is 19.7 Å². The molecule has 1 aliphatic rings. The number of benzene rings is 2. The number of nitro groups is 1. The van der Waals surface area contributed by atoms with E-state index >= 15 is 0 Å². The Morgan fingerprint density at radius 1 is 1.14 bits per heavy atom. The molecule has 0 saturated carbocycles. The average Bonchev–Trinajstić information content (AvgIpc) is 2.98. The van der Waals surface area contributed by atoms with Crippen molar-refractivity contribution >= 4 is 23.1 Å². The first-order valence-corrected chi connectivity index (χ1v) is 8.67. The van der Waals surface area contributed by atoms with Crippen molar-refractivity contribution in [2.75, 3.05) is 20.3 Å². The van der Waals surface area contributed by atoms with Crippen molar-refractivity contribution in [1.82, 2.24) is 4.90 Å². The van der Waals surface area contributed by atoms with Crippen LogP contribution >= 0.6 is 0 Å². The third kappa shape index (κ3) is 3.67. The first kappa shape index (κ1) is 20.0. The van der Waals surface area contributed by atoms with Crippen LogP contribution in [0.25, 0.3) is 5.76 Å². The fourth-order valence-corrected chi connectivity index (χ4v) is 3.25. The van der Waals surface area contributed by atoms with Gasteiger partial charge in [-0.25, -0.2) is 0 Å². The van der Waals surface area contributed by atoms with Crippen LogP contribution in [-0.4, -0.2) is 52.0 Å². The molecule has 1 amide bonds. The molecule has 0 aromatic heterocycles. The first-order chi connectivity index (χ1) is 13.9. The molecule has 1 saturated heterocycles. The summed E-state index contributed by atoms with van der Waals surface area (Å²) in [7, 11) is 1.50. The molecule has 150 valence electrons. The molecule has 2 aromatic carbocycles. The number of ether oxygens (including phenoxy) is 1. The Hall–Kier alpha value is -3.72. The van der Waals surface area contributed by atoms with Gasteiger partial charge in [0.25, 0.3) is 17.4 Å². The Kier molecular flexibility index (Phi) is 5.60. The second kappa shape index (κ2) is 8.11. The number of nitrogens with zero attached hydrogens (tertiary/aromatic N) is 2. The standard InChI is InChI=1S/C20H18N2O7/c1-29-15-8-4-12(5-9-15)17-16(19(25)20(26)21(17)10-11-23)18(24)13-2-6-14(7-3-13)22(27)28/h2-9,17,23-24H,10-11H2,1H3/t17-/m0/s1. The van der Waals surface area contributed by atoms with Crippen LogP contribution in [0.4, 0.5) is 5.69 Å². The lowest BCUT2D eigenvalue weighted by atomic mass is 9.95. The van der Waals surface area contributed by atoms with E-state index in [4.69, 9.17) is 4.74 Å². The van der Waals surface area contributed by atoms with Crippen molar-refractivity contribution in [3.05, 3.63) is 75.3 Å². The molecule has 1 heterocycles. The van der Waals surface area contributed by atoms with E-state index in [2.05, 4.69) is 0 Å². The lowest BCUT2D eigenvalue weighted by Gasteiger charge is -2.24. The quantitative estimate of drug-likeness (QED) is 0.250. The molecule has 1 fully saturated rings. The number of aliphatic hydroxyl groups excluding tert-OH is 2. The van der Waals surface area contributed by atoms with Crippen LogP contribution < -0.4 is 4.74 Å². The monoisotopic (exact) mass is 398 g/mol. The van der Waals surface area contributed by atoms with Gasteiger partial charge in [0.15, 0.2) is 0 Å². The largest absolute Gasteiger partial charge is 0.507 e. The van der Waals surface area contributed by atoms with Gasteiger partial charge in [-0.1, -0.05) is 12.1 Å². The van der Waals surface area contributed by atoms with E-state index in [-0.39, 0.29) is 30.0 Å². The van der Waals surface area contributed by atoms with Crippen molar-refractivity contribution in [2.24, 2.45) is 0 Å². The Morgan fingerprint density at radius 2 is 1.76 bits per heavy atom. The molecule has 29 heavy (non-hydrogen) atoms. The number of methoxy groups -OCH3 is 1. The SMILES string of the molecule is COc1ccc([C@H]2C(=C(O)c3ccc([N+](=O)[O-])cc3)C(=O)C(=O)N2CCO)cc1. The summed E-state index contributed by atoms with van der Waals surface area (Å²) in [5, 5.41) is 30.9. The minimum Gasteiger partial charge on any atom is -0.507 e. The Labute approximate surface area is 165 Å². The molecule has 9 nitrogen and oxygen atoms in total. The highest BCUT2D eigenvalue weighted by Gasteiger charge is 2.45. The van der Waals surface area contributed by atoms with Gasteiger partial charge in [-0.05, 0) is 29.8 Å². The van der Waals surface area contributed by atoms with Crippen molar-refractivity contribution in [3.8, 4) is 5.75 Å². The van der Waals surface area contributed by atoms with Crippen LogP contribution in [0, 0.1) is 10.1 Å².